The van der Waals surface area contributed by atoms with E-state index in [1.807, 2.05) is 38.1 Å². The highest BCUT2D eigenvalue weighted by Gasteiger charge is 2.18. The monoisotopic (exact) mass is 310 g/mol. The smallest absolute Gasteiger partial charge is 0.281 e. The molecule has 1 aromatic carbocycles. The fourth-order valence-electron chi connectivity index (χ4n) is 2.41. The van der Waals surface area contributed by atoms with Crippen LogP contribution in [0.15, 0.2) is 33.2 Å². The first-order valence-corrected chi connectivity index (χ1v) is 7.26. The van der Waals surface area contributed by atoms with Crippen molar-refractivity contribution in [1.82, 2.24) is 4.57 Å². The summed E-state index contributed by atoms with van der Waals surface area (Å²) < 4.78 is 1.12. The first-order valence-electron chi connectivity index (χ1n) is 7.26. The van der Waals surface area contributed by atoms with E-state index in [4.69, 9.17) is 0 Å². The lowest BCUT2D eigenvalue weighted by Crippen LogP contribution is -2.20. The fraction of sp³-hybridized carbons (Fsp3) is 0.294. The zero-order valence-corrected chi connectivity index (χ0v) is 13.6. The van der Waals surface area contributed by atoms with E-state index in [0.29, 0.717) is 11.3 Å². The molecule has 6 heteroatoms. The van der Waals surface area contributed by atoms with E-state index < -0.39 is 5.56 Å². The number of aromatic nitrogens is 1. The van der Waals surface area contributed by atoms with Crippen LogP contribution in [0.2, 0.25) is 0 Å². The minimum atomic E-state index is -0.462. The van der Waals surface area contributed by atoms with Gasteiger partial charge >= 0.3 is 0 Å². The fourth-order valence-corrected chi connectivity index (χ4v) is 2.41. The van der Waals surface area contributed by atoms with Gasteiger partial charge in [0.15, 0.2) is 5.69 Å². The minimum Gasteiger partial charge on any atom is -0.493 e. The minimum absolute atomic E-state index is 0.0434. The largest absolute Gasteiger partial charge is 0.493 e. The molecule has 0 aliphatic carbocycles. The molecular formula is C17H18N4O2. The van der Waals surface area contributed by atoms with Crippen LogP contribution in [0.3, 0.4) is 0 Å². The molecule has 0 spiro atoms. The zero-order chi connectivity index (χ0) is 17.1. The Hall–Kier alpha value is -2.94. The number of pyridine rings is 1. The van der Waals surface area contributed by atoms with Gasteiger partial charge in [-0.2, -0.15) is 5.26 Å². The summed E-state index contributed by atoms with van der Waals surface area (Å²) in [5.41, 5.74) is 2.57. The molecule has 1 aromatic heterocycles. The van der Waals surface area contributed by atoms with Gasteiger partial charge in [0.2, 0.25) is 5.88 Å². The van der Waals surface area contributed by atoms with Crippen LogP contribution >= 0.6 is 0 Å². The quantitative estimate of drug-likeness (QED) is 0.874. The molecule has 23 heavy (non-hydrogen) atoms. The molecule has 0 saturated carbocycles. The SMILES string of the molecule is CCn1c(O)c(C#N)c(C)c(N=Nc2c(C)cccc2C)c1=O. The summed E-state index contributed by atoms with van der Waals surface area (Å²) in [7, 11) is 0. The summed E-state index contributed by atoms with van der Waals surface area (Å²) in [6.45, 7) is 7.36. The average molecular weight is 310 g/mol. The molecule has 0 aliphatic heterocycles. The van der Waals surface area contributed by atoms with Crippen LogP contribution in [0.5, 0.6) is 5.88 Å². The average Bonchev–Trinajstić information content (AvgIpc) is 2.50. The third-order valence-corrected chi connectivity index (χ3v) is 3.77. The van der Waals surface area contributed by atoms with Crippen LogP contribution in [-0.4, -0.2) is 9.67 Å². The lowest BCUT2D eigenvalue weighted by molar-refractivity contribution is 0.409. The Kier molecular flexibility index (Phi) is 4.60. The van der Waals surface area contributed by atoms with Gasteiger partial charge in [0.1, 0.15) is 11.6 Å². The Labute approximate surface area is 134 Å². The Bertz CT molecular complexity index is 869. The second-order valence-electron chi connectivity index (χ2n) is 5.27. The Morgan fingerprint density at radius 3 is 2.26 bits per heavy atom. The van der Waals surface area contributed by atoms with Crippen LogP contribution in [0.1, 0.15) is 29.2 Å². The van der Waals surface area contributed by atoms with Crippen molar-refractivity contribution in [3.8, 4) is 11.9 Å². The lowest BCUT2D eigenvalue weighted by atomic mass is 10.1. The number of hydrogen-bond donors (Lipinski definition) is 1. The number of nitrogens with zero attached hydrogens (tertiary/aromatic N) is 4. The molecule has 0 atom stereocenters. The van der Waals surface area contributed by atoms with Crippen molar-refractivity contribution in [3.05, 3.63) is 50.8 Å². The van der Waals surface area contributed by atoms with Crippen molar-refractivity contribution < 1.29 is 5.11 Å². The van der Waals surface area contributed by atoms with Crippen molar-refractivity contribution in [2.75, 3.05) is 0 Å². The first kappa shape index (κ1) is 16.4. The highest BCUT2D eigenvalue weighted by molar-refractivity contribution is 5.57. The van der Waals surface area contributed by atoms with Gasteiger partial charge in [-0.15, -0.1) is 10.2 Å². The molecule has 0 unspecified atom stereocenters. The zero-order valence-electron chi connectivity index (χ0n) is 13.6. The van der Waals surface area contributed by atoms with E-state index in [1.165, 1.54) is 0 Å². The molecule has 0 amide bonds. The molecular weight excluding hydrogens is 292 g/mol. The standard InChI is InChI=1S/C17H18N4O2/c1-5-21-16(22)13(9-18)12(4)15(17(21)23)20-19-14-10(2)7-6-8-11(14)3/h6-8,22H,5H2,1-4H3. The number of hydrogen-bond acceptors (Lipinski definition) is 5. The number of nitriles is 1. The van der Waals surface area contributed by atoms with Gasteiger partial charge in [0.05, 0.1) is 5.69 Å². The van der Waals surface area contributed by atoms with Crippen molar-refractivity contribution in [3.63, 3.8) is 0 Å². The molecule has 6 nitrogen and oxygen atoms in total. The third kappa shape index (κ3) is 2.86. The molecule has 1 N–H and O–H groups in total. The summed E-state index contributed by atoms with van der Waals surface area (Å²) in [6, 6.07) is 7.66. The van der Waals surface area contributed by atoms with Gasteiger partial charge < -0.3 is 5.11 Å². The van der Waals surface area contributed by atoms with Crippen molar-refractivity contribution in [2.45, 2.75) is 34.2 Å². The van der Waals surface area contributed by atoms with Crippen LogP contribution in [0.4, 0.5) is 11.4 Å². The summed E-state index contributed by atoms with van der Waals surface area (Å²) in [4.78, 5) is 12.4. The maximum Gasteiger partial charge on any atom is 0.281 e. The molecule has 0 fully saturated rings. The molecule has 0 aliphatic rings. The number of azo groups is 1. The number of rotatable bonds is 3. The molecule has 0 bridgehead atoms. The van der Waals surface area contributed by atoms with Crippen LogP contribution < -0.4 is 5.56 Å². The Balaban J connectivity index is 2.68. The number of benzene rings is 1. The Morgan fingerprint density at radius 1 is 1.17 bits per heavy atom. The van der Waals surface area contributed by atoms with Gasteiger partial charge in [-0.05, 0) is 38.8 Å². The van der Waals surface area contributed by atoms with Gasteiger partial charge in [0, 0.05) is 12.1 Å². The van der Waals surface area contributed by atoms with Gasteiger partial charge in [-0.3, -0.25) is 9.36 Å². The summed E-state index contributed by atoms with van der Waals surface area (Å²) in [6.07, 6.45) is 0. The van der Waals surface area contributed by atoms with Crippen LogP contribution in [-0.2, 0) is 6.54 Å². The van der Waals surface area contributed by atoms with Crippen molar-refractivity contribution >= 4 is 11.4 Å². The molecule has 2 aromatic rings. The van der Waals surface area contributed by atoms with E-state index in [0.717, 1.165) is 15.7 Å². The second-order valence-corrected chi connectivity index (χ2v) is 5.27. The number of aryl methyl sites for hydroxylation is 2. The highest BCUT2D eigenvalue weighted by Crippen LogP contribution is 2.29. The molecule has 2 rings (SSSR count). The molecule has 118 valence electrons. The predicted octanol–water partition coefficient (Wildman–Crippen LogP) is 3.79. The van der Waals surface area contributed by atoms with E-state index in [9.17, 15) is 15.2 Å². The first-order chi connectivity index (χ1) is 10.9. The highest BCUT2D eigenvalue weighted by atomic mass is 16.3. The predicted molar refractivity (Wildman–Crippen MR) is 87.6 cm³/mol. The number of aromatic hydroxyl groups is 1. The van der Waals surface area contributed by atoms with E-state index in [1.54, 1.807) is 13.8 Å². The maximum absolute atomic E-state index is 12.4. The summed E-state index contributed by atoms with van der Waals surface area (Å²) in [5, 5.41) is 27.5. The van der Waals surface area contributed by atoms with E-state index in [2.05, 4.69) is 10.2 Å². The summed E-state index contributed by atoms with van der Waals surface area (Å²) in [5.74, 6) is -0.330. The molecule has 1 heterocycles. The molecule has 0 saturated heterocycles. The van der Waals surface area contributed by atoms with E-state index in [-0.39, 0.29) is 23.7 Å². The van der Waals surface area contributed by atoms with Crippen molar-refractivity contribution in [2.24, 2.45) is 10.2 Å². The van der Waals surface area contributed by atoms with Gasteiger partial charge in [-0.1, -0.05) is 18.2 Å². The van der Waals surface area contributed by atoms with Crippen LogP contribution in [0, 0.1) is 32.1 Å². The van der Waals surface area contributed by atoms with Crippen LogP contribution in [0.25, 0.3) is 0 Å². The maximum atomic E-state index is 12.4. The van der Waals surface area contributed by atoms with Gasteiger partial charge in [-0.25, -0.2) is 0 Å². The van der Waals surface area contributed by atoms with E-state index >= 15 is 0 Å². The normalized spacial score (nSPS) is 10.9. The summed E-state index contributed by atoms with van der Waals surface area (Å²) >= 11 is 0. The lowest BCUT2D eigenvalue weighted by Gasteiger charge is -2.11. The third-order valence-electron chi connectivity index (χ3n) is 3.77. The second kappa shape index (κ2) is 6.44. The topological polar surface area (TPSA) is 90.7 Å². The molecule has 0 radical (unpaired) electrons. The Morgan fingerprint density at radius 2 is 1.74 bits per heavy atom. The van der Waals surface area contributed by atoms with Gasteiger partial charge in [0.25, 0.3) is 5.56 Å². The van der Waals surface area contributed by atoms with Crippen molar-refractivity contribution in [1.29, 1.82) is 5.26 Å².